The van der Waals surface area contributed by atoms with Crippen LogP contribution in [0.4, 0.5) is 10.2 Å². The van der Waals surface area contributed by atoms with E-state index in [9.17, 15) is 14.7 Å². The second kappa shape index (κ2) is 13.5. The lowest BCUT2D eigenvalue weighted by Gasteiger charge is -2.19. The number of aromatic nitrogens is 2. The van der Waals surface area contributed by atoms with Gasteiger partial charge in [0, 0.05) is 43.0 Å². The van der Waals surface area contributed by atoms with Gasteiger partial charge < -0.3 is 33.6 Å². The summed E-state index contributed by atoms with van der Waals surface area (Å²) in [5.41, 5.74) is 1.34. The largest absolute Gasteiger partial charge is 0.493 e. The molecule has 12 nitrogen and oxygen atoms in total. The first-order valence-corrected chi connectivity index (χ1v) is 15.1. The molecular weight excluding hydrogens is 609 g/mol. The van der Waals surface area contributed by atoms with E-state index in [0.717, 1.165) is 24.5 Å². The molecule has 244 valence electrons. The zero-order chi connectivity index (χ0) is 33.1. The summed E-state index contributed by atoms with van der Waals surface area (Å²) in [6.45, 7) is 0.960. The van der Waals surface area contributed by atoms with E-state index in [4.69, 9.17) is 19.0 Å². The minimum atomic E-state index is -1.36. The van der Waals surface area contributed by atoms with E-state index >= 15 is 4.39 Å². The number of carboxylic acid groups (broad SMARTS) is 1. The van der Waals surface area contributed by atoms with Crippen LogP contribution in [-0.2, 0) is 11.4 Å². The lowest BCUT2D eigenvalue weighted by molar-refractivity contribution is 0.0694. The van der Waals surface area contributed by atoms with Crippen molar-refractivity contribution >= 4 is 34.7 Å². The number of aliphatic imine (C=N–C) groups is 1. The van der Waals surface area contributed by atoms with Crippen molar-refractivity contribution < 1.29 is 33.3 Å². The molecule has 1 saturated carbocycles. The van der Waals surface area contributed by atoms with E-state index < -0.39 is 22.8 Å². The Hall–Kier alpha value is -5.46. The number of methoxy groups -OCH3 is 3. The van der Waals surface area contributed by atoms with Gasteiger partial charge in [0.2, 0.25) is 11.2 Å². The predicted octanol–water partition coefficient (Wildman–Crippen LogP) is 4.72. The molecule has 0 amide bonds. The van der Waals surface area contributed by atoms with Crippen molar-refractivity contribution in [1.29, 1.82) is 0 Å². The molecule has 13 heteroatoms. The highest BCUT2D eigenvalue weighted by Gasteiger charge is 2.34. The van der Waals surface area contributed by atoms with E-state index in [0.29, 0.717) is 41.6 Å². The van der Waals surface area contributed by atoms with Crippen LogP contribution in [0.3, 0.4) is 0 Å². The van der Waals surface area contributed by atoms with Crippen molar-refractivity contribution in [2.24, 2.45) is 16.1 Å². The van der Waals surface area contributed by atoms with E-state index in [1.807, 2.05) is 30.3 Å². The van der Waals surface area contributed by atoms with Crippen LogP contribution in [0.5, 0.6) is 17.2 Å². The summed E-state index contributed by atoms with van der Waals surface area (Å²) in [5, 5.41) is 14.0. The van der Waals surface area contributed by atoms with Gasteiger partial charge in [-0.25, -0.2) is 14.2 Å². The monoisotopic (exact) mass is 643 g/mol. The molecule has 1 aliphatic heterocycles. The molecule has 2 aromatic heterocycles. The Labute approximate surface area is 269 Å². The summed E-state index contributed by atoms with van der Waals surface area (Å²) in [4.78, 5) is 41.5. The molecule has 2 fully saturated rings. The topological polar surface area (TPSA) is 137 Å². The molecular formula is C34H34FN5O7. The number of hydrogen-bond donors (Lipinski definition) is 1. The second-order valence-electron chi connectivity index (χ2n) is 11.3. The number of halogens is 1. The molecule has 6 rings (SSSR count). The lowest BCUT2D eigenvalue weighted by atomic mass is 10.1. The van der Waals surface area contributed by atoms with Gasteiger partial charge in [0.1, 0.15) is 17.8 Å². The van der Waals surface area contributed by atoms with Crippen LogP contribution >= 0.6 is 0 Å². The fourth-order valence-corrected chi connectivity index (χ4v) is 5.72. The first-order chi connectivity index (χ1) is 22.8. The van der Waals surface area contributed by atoms with Crippen LogP contribution in [0.15, 0.2) is 69.7 Å². The van der Waals surface area contributed by atoms with Crippen LogP contribution in [0.25, 0.3) is 11.0 Å². The van der Waals surface area contributed by atoms with Gasteiger partial charge in [0.25, 0.3) is 0 Å². The summed E-state index contributed by atoms with van der Waals surface area (Å²) in [6.07, 6.45) is 4.72. The van der Waals surface area contributed by atoms with Gasteiger partial charge >= 0.3 is 5.97 Å². The highest BCUT2D eigenvalue weighted by molar-refractivity contribution is 5.95. The number of benzene rings is 2. The van der Waals surface area contributed by atoms with Crippen molar-refractivity contribution in [3.05, 3.63) is 87.5 Å². The van der Waals surface area contributed by atoms with Gasteiger partial charge in [-0.3, -0.25) is 9.79 Å². The highest BCUT2D eigenvalue weighted by atomic mass is 19.1. The predicted molar refractivity (Wildman–Crippen MR) is 174 cm³/mol. The van der Waals surface area contributed by atoms with Crippen molar-refractivity contribution in [2.45, 2.75) is 25.5 Å². The molecule has 1 N–H and O–H groups in total. The first-order valence-electron chi connectivity index (χ1n) is 15.1. The molecule has 47 heavy (non-hydrogen) atoms. The van der Waals surface area contributed by atoms with Crippen LogP contribution in [-0.4, -0.2) is 73.5 Å². The Morgan fingerprint density at radius 2 is 1.85 bits per heavy atom. The van der Waals surface area contributed by atoms with Crippen molar-refractivity contribution in [1.82, 2.24) is 9.55 Å². The summed E-state index contributed by atoms with van der Waals surface area (Å²) >= 11 is 0. The summed E-state index contributed by atoms with van der Waals surface area (Å²) in [5.74, 6) is -0.888. The highest BCUT2D eigenvalue weighted by Crippen LogP contribution is 2.40. The SMILES string of the molecule is COc1ccc(CO/N=C2\CN(c3nc4c(cc3F)c(=O)c(C(=O)O)cn4C3CC3)CC2CN=Cc2ccccc2)c(OC)c1OC. The van der Waals surface area contributed by atoms with Gasteiger partial charge in [0.15, 0.2) is 23.1 Å². The van der Waals surface area contributed by atoms with Crippen molar-refractivity contribution in [3.8, 4) is 17.2 Å². The van der Waals surface area contributed by atoms with Gasteiger partial charge in [-0.05, 0) is 36.6 Å². The quantitative estimate of drug-likeness (QED) is 0.172. The Kier molecular flexibility index (Phi) is 9.05. The van der Waals surface area contributed by atoms with Crippen LogP contribution in [0, 0.1) is 11.7 Å². The smallest absolute Gasteiger partial charge is 0.341 e. The Balaban J connectivity index is 1.31. The number of ether oxygens (including phenoxy) is 3. The Bertz CT molecular complexity index is 1920. The normalized spacial score (nSPS) is 17.1. The third-order valence-corrected chi connectivity index (χ3v) is 8.23. The number of carbonyl (C=O) groups is 1. The maximum atomic E-state index is 15.7. The Morgan fingerprint density at radius 3 is 2.53 bits per heavy atom. The number of carboxylic acids is 1. The maximum absolute atomic E-state index is 15.7. The van der Waals surface area contributed by atoms with Crippen molar-refractivity contribution in [2.75, 3.05) is 45.9 Å². The molecule has 1 unspecified atom stereocenters. The second-order valence-corrected chi connectivity index (χ2v) is 11.3. The fourth-order valence-electron chi connectivity index (χ4n) is 5.72. The number of fused-ring (bicyclic) bond motifs is 1. The molecule has 1 atom stereocenters. The van der Waals surface area contributed by atoms with Crippen LogP contribution in [0.1, 0.15) is 40.4 Å². The molecule has 1 aliphatic carbocycles. The molecule has 3 heterocycles. The van der Waals surface area contributed by atoms with Gasteiger partial charge in [-0.2, -0.15) is 0 Å². The third-order valence-electron chi connectivity index (χ3n) is 8.23. The van der Waals surface area contributed by atoms with Gasteiger partial charge in [-0.15, -0.1) is 0 Å². The standard InChI is InChI=1S/C34H34FN5O7/c1-44-28-12-9-21(30(45-2)31(28)46-3)19-47-38-27-18-39(16-22(27)15-36-14-20-7-5-4-6-8-20)33-26(35)13-24-29(41)25(34(42)43)17-40(23-10-11-23)32(24)37-33/h4-9,12-14,17,22-23H,10-11,15-16,18-19H2,1-3H3,(H,42,43)/b36-14?,38-27+. The average Bonchev–Trinajstić information content (AvgIpc) is 3.85. The van der Waals surface area contributed by atoms with E-state index in [1.165, 1.54) is 27.5 Å². The number of nitrogens with zero attached hydrogens (tertiary/aromatic N) is 5. The number of oxime groups is 1. The summed E-state index contributed by atoms with van der Waals surface area (Å²) in [6, 6.07) is 14.3. The fraction of sp³-hybridized carbons (Fsp3) is 0.324. The first kappa shape index (κ1) is 31.5. The third kappa shape index (κ3) is 6.46. The maximum Gasteiger partial charge on any atom is 0.341 e. The number of anilines is 1. The molecule has 0 bridgehead atoms. The molecule has 1 saturated heterocycles. The molecule has 0 radical (unpaired) electrons. The van der Waals surface area contributed by atoms with Crippen LogP contribution in [0.2, 0.25) is 0 Å². The van der Waals surface area contributed by atoms with E-state index in [-0.39, 0.29) is 42.0 Å². The molecule has 2 aliphatic rings. The minimum absolute atomic E-state index is 0.000227. The van der Waals surface area contributed by atoms with E-state index in [2.05, 4.69) is 15.1 Å². The molecule has 0 spiro atoms. The van der Waals surface area contributed by atoms with E-state index in [1.54, 1.807) is 27.8 Å². The molecule has 2 aromatic carbocycles. The number of pyridine rings is 2. The number of rotatable bonds is 12. The summed E-state index contributed by atoms with van der Waals surface area (Å²) in [7, 11) is 4.59. The van der Waals surface area contributed by atoms with Crippen LogP contribution < -0.4 is 24.5 Å². The van der Waals surface area contributed by atoms with Crippen molar-refractivity contribution in [3.63, 3.8) is 0 Å². The Morgan fingerprint density at radius 1 is 1.09 bits per heavy atom. The summed E-state index contributed by atoms with van der Waals surface area (Å²) < 4.78 is 33.8. The number of aromatic carboxylic acids is 1. The van der Waals surface area contributed by atoms with Gasteiger partial charge in [0.05, 0.1) is 39.0 Å². The number of hydrogen-bond acceptors (Lipinski definition) is 10. The average molecular weight is 644 g/mol. The minimum Gasteiger partial charge on any atom is -0.493 e. The lowest BCUT2D eigenvalue weighted by Crippen LogP contribution is -2.25. The molecule has 4 aromatic rings. The zero-order valence-electron chi connectivity index (χ0n) is 26.2. The van der Waals surface area contributed by atoms with Gasteiger partial charge in [-0.1, -0.05) is 35.5 Å². The zero-order valence-corrected chi connectivity index (χ0v) is 26.2.